The van der Waals surface area contributed by atoms with E-state index >= 15 is 0 Å². The predicted octanol–water partition coefficient (Wildman–Crippen LogP) is 4.77. The summed E-state index contributed by atoms with van der Waals surface area (Å²) in [5.74, 6) is 1.71. The number of nitrogens with zero attached hydrogens (tertiary/aromatic N) is 2. The van der Waals surface area contributed by atoms with Crippen LogP contribution < -0.4 is 0 Å². The molecular formula is C22H18N2O6. The predicted molar refractivity (Wildman–Crippen MR) is 105 cm³/mol. The Bertz CT molecular complexity index is 1210. The molecule has 0 radical (unpaired) electrons. The molecule has 8 heteroatoms. The number of ether oxygens (including phenoxy) is 1. The number of hydrogen-bond donors (Lipinski definition) is 0. The molecular weight excluding hydrogens is 388 g/mol. The van der Waals surface area contributed by atoms with Crippen molar-refractivity contribution in [2.75, 3.05) is 0 Å². The molecule has 0 saturated carbocycles. The number of ketones is 1. The number of furan rings is 2. The lowest BCUT2D eigenvalue weighted by Gasteiger charge is -2.00. The minimum atomic E-state index is -0.656. The highest BCUT2D eigenvalue weighted by Gasteiger charge is 2.18. The van der Waals surface area contributed by atoms with E-state index in [0.717, 1.165) is 11.3 Å². The molecule has 30 heavy (non-hydrogen) atoms. The summed E-state index contributed by atoms with van der Waals surface area (Å²) in [5, 5.41) is 7.85. The third-order valence-corrected chi connectivity index (χ3v) is 4.45. The minimum Gasteiger partial charge on any atom is -0.466 e. The fourth-order valence-electron chi connectivity index (χ4n) is 2.93. The van der Waals surface area contributed by atoms with Gasteiger partial charge in [0.2, 0.25) is 5.76 Å². The molecule has 0 bridgehead atoms. The maximum Gasteiger partial charge on any atom is 0.374 e. The van der Waals surface area contributed by atoms with Gasteiger partial charge in [-0.25, -0.2) is 4.79 Å². The van der Waals surface area contributed by atoms with Gasteiger partial charge in [0, 0.05) is 11.1 Å². The first-order valence-electron chi connectivity index (χ1n) is 9.19. The van der Waals surface area contributed by atoms with Gasteiger partial charge in [-0.15, -0.1) is 10.2 Å². The normalized spacial score (nSPS) is 10.9. The molecule has 4 rings (SSSR count). The fraction of sp³-hybridized carbons (Fsp3) is 0.182. The Morgan fingerprint density at radius 1 is 0.967 bits per heavy atom. The van der Waals surface area contributed by atoms with Crippen molar-refractivity contribution in [3.8, 4) is 22.8 Å². The second-order valence-corrected chi connectivity index (χ2v) is 6.70. The maximum atomic E-state index is 12.3. The summed E-state index contributed by atoms with van der Waals surface area (Å²) in [6.45, 7) is 4.93. The number of benzene rings is 1. The van der Waals surface area contributed by atoms with Crippen LogP contribution in [-0.4, -0.2) is 21.9 Å². The number of Topliss-reactive ketones (excluding diaryl/α,β-unsaturated/α-hetero) is 1. The van der Waals surface area contributed by atoms with Gasteiger partial charge in [-0.1, -0.05) is 24.3 Å². The summed E-state index contributed by atoms with van der Waals surface area (Å²) in [6, 6.07) is 11.9. The van der Waals surface area contributed by atoms with Gasteiger partial charge in [-0.2, -0.15) is 0 Å². The van der Waals surface area contributed by atoms with Gasteiger partial charge >= 0.3 is 5.97 Å². The molecule has 152 valence electrons. The lowest BCUT2D eigenvalue weighted by molar-refractivity contribution is 0.0403. The molecule has 0 fully saturated rings. The lowest BCUT2D eigenvalue weighted by atomic mass is 10.1. The van der Waals surface area contributed by atoms with Crippen molar-refractivity contribution in [1.82, 2.24) is 10.2 Å². The Kier molecular flexibility index (Phi) is 5.05. The van der Waals surface area contributed by atoms with Gasteiger partial charge in [0.05, 0.1) is 5.56 Å². The van der Waals surface area contributed by atoms with Crippen LogP contribution in [0, 0.1) is 13.8 Å². The summed E-state index contributed by atoms with van der Waals surface area (Å²) in [7, 11) is 0. The van der Waals surface area contributed by atoms with E-state index in [1.807, 2.05) is 6.92 Å². The van der Waals surface area contributed by atoms with Crippen LogP contribution in [-0.2, 0) is 11.3 Å². The molecule has 0 unspecified atom stereocenters. The van der Waals surface area contributed by atoms with Crippen molar-refractivity contribution in [2.45, 2.75) is 27.4 Å². The van der Waals surface area contributed by atoms with E-state index in [4.69, 9.17) is 18.0 Å². The van der Waals surface area contributed by atoms with Crippen LogP contribution in [0.2, 0.25) is 0 Å². The Balaban J connectivity index is 1.40. The SMILES string of the molecule is CC(=O)c1ccc(-c2ccc(C(=O)OCc3nnc(-c4cc(C)oc4C)o3)o2)cc1. The van der Waals surface area contributed by atoms with E-state index in [2.05, 4.69) is 10.2 Å². The fourth-order valence-corrected chi connectivity index (χ4v) is 2.93. The number of aryl methyl sites for hydroxylation is 2. The second-order valence-electron chi connectivity index (χ2n) is 6.70. The van der Waals surface area contributed by atoms with Crippen molar-refractivity contribution < 1.29 is 27.6 Å². The topological polar surface area (TPSA) is 109 Å². The first-order valence-corrected chi connectivity index (χ1v) is 9.19. The van der Waals surface area contributed by atoms with Crippen molar-refractivity contribution in [2.24, 2.45) is 0 Å². The first kappa shape index (κ1) is 19.4. The van der Waals surface area contributed by atoms with Crippen LogP contribution in [0.15, 0.2) is 55.7 Å². The van der Waals surface area contributed by atoms with Crippen LogP contribution >= 0.6 is 0 Å². The molecule has 0 saturated heterocycles. The Morgan fingerprint density at radius 2 is 1.73 bits per heavy atom. The van der Waals surface area contributed by atoms with E-state index in [-0.39, 0.29) is 24.0 Å². The van der Waals surface area contributed by atoms with Gasteiger partial charge in [-0.05, 0) is 39.0 Å². The van der Waals surface area contributed by atoms with Gasteiger partial charge in [0.1, 0.15) is 17.3 Å². The standard InChI is InChI=1S/C22H18N2O6/c1-12-10-17(14(3)28-12)21-24-23-20(30-21)11-27-22(26)19-9-8-18(29-19)16-6-4-15(5-7-16)13(2)25/h4-10H,11H2,1-3H3. The number of carbonyl (C=O) groups excluding carboxylic acids is 2. The molecule has 0 atom stereocenters. The van der Waals surface area contributed by atoms with E-state index in [9.17, 15) is 9.59 Å². The van der Waals surface area contributed by atoms with Crippen LogP contribution in [0.25, 0.3) is 22.8 Å². The van der Waals surface area contributed by atoms with Gasteiger partial charge in [0.25, 0.3) is 11.8 Å². The molecule has 0 aliphatic heterocycles. The quantitative estimate of drug-likeness (QED) is 0.333. The summed E-state index contributed by atoms with van der Waals surface area (Å²) in [4.78, 5) is 23.6. The monoisotopic (exact) mass is 406 g/mol. The van der Waals surface area contributed by atoms with Crippen LogP contribution in [0.3, 0.4) is 0 Å². The van der Waals surface area contributed by atoms with E-state index in [1.165, 1.54) is 13.0 Å². The molecule has 3 heterocycles. The Morgan fingerprint density at radius 3 is 2.40 bits per heavy atom. The summed E-state index contributed by atoms with van der Waals surface area (Å²) >= 11 is 0. The third kappa shape index (κ3) is 3.93. The lowest BCUT2D eigenvalue weighted by Crippen LogP contribution is -2.04. The summed E-state index contributed by atoms with van der Waals surface area (Å²) in [5.41, 5.74) is 2.04. The molecule has 0 aliphatic carbocycles. The van der Waals surface area contributed by atoms with E-state index in [1.54, 1.807) is 43.3 Å². The smallest absolute Gasteiger partial charge is 0.374 e. The molecule has 0 amide bonds. The molecule has 0 spiro atoms. The van der Waals surface area contributed by atoms with Crippen LogP contribution in [0.1, 0.15) is 45.2 Å². The van der Waals surface area contributed by atoms with Crippen LogP contribution in [0.5, 0.6) is 0 Å². The van der Waals surface area contributed by atoms with Crippen molar-refractivity contribution in [3.05, 3.63) is 71.2 Å². The van der Waals surface area contributed by atoms with Gasteiger partial charge in [-0.3, -0.25) is 4.79 Å². The average molecular weight is 406 g/mol. The zero-order valence-electron chi connectivity index (χ0n) is 16.6. The van der Waals surface area contributed by atoms with Crippen molar-refractivity contribution >= 4 is 11.8 Å². The largest absolute Gasteiger partial charge is 0.466 e. The second kappa shape index (κ2) is 7.82. The van der Waals surface area contributed by atoms with E-state index < -0.39 is 5.97 Å². The highest BCUT2D eigenvalue weighted by atomic mass is 16.6. The van der Waals surface area contributed by atoms with Crippen LogP contribution in [0.4, 0.5) is 0 Å². The van der Waals surface area contributed by atoms with Gasteiger partial charge in [0.15, 0.2) is 12.4 Å². The maximum absolute atomic E-state index is 12.3. The Hall–Kier alpha value is -3.94. The first-order chi connectivity index (χ1) is 14.4. The molecule has 1 aromatic carbocycles. The number of esters is 1. The summed E-state index contributed by atoms with van der Waals surface area (Å²) in [6.07, 6.45) is 0. The third-order valence-electron chi connectivity index (χ3n) is 4.45. The summed E-state index contributed by atoms with van der Waals surface area (Å²) < 4.78 is 21.8. The number of aromatic nitrogens is 2. The minimum absolute atomic E-state index is 0.0208. The van der Waals surface area contributed by atoms with Gasteiger partial charge < -0.3 is 18.0 Å². The number of carbonyl (C=O) groups is 2. The molecule has 0 aliphatic rings. The molecule has 8 nitrogen and oxygen atoms in total. The highest BCUT2D eigenvalue weighted by molar-refractivity contribution is 5.94. The van der Waals surface area contributed by atoms with Crippen molar-refractivity contribution in [1.29, 1.82) is 0 Å². The highest BCUT2D eigenvalue weighted by Crippen LogP contribution is 2.26. The zero-order chi connectivity index (χ0) is 21.3. The molecule has 0 N–H and O–H groups in total. The zero-order valence-corrected chi connectivity index (χ0v) is 16.6. The van der Waals surface area contributed by atoms with Crippen molar-refractivity contribution in [3.63, 3.8) is 0 Å². The number of hydrogen-bond acceptors (Lipinski definition) is 8. The average Bonchev–Trinajstić information content (AvgIpc) is 3.46. The molecule has 4 aromatic rings. The number of rotatable bonds is 6. The van der Waals surface area contributed by atoms with E-state index in [0.29, 0.717) is 28.5 Å². The Labute approximate surface area is 171 Å². The molecule has 3 aromatic heterocycles.